The Labute approximate surface area is 130 Å². The SMILES string of the molecule is COc1cccc(NC2c3ccccc3-c3ccccc32)c1. The fourth-order valence-electron chi connectivity index (χ4n) is 3.19. The van der Waals surface area contributed by atoms with Crippen LogP contribution in [0, 0.1) is 0 Å². The van der Waals surface area contributed by atoms with Crippen molar-refractivity contribution in [2.75, 3.05) is 12.4 Å². The smallest absolute Gasteiger partial charge is 0.120 e. The van der Waals surface area contributed by atoms with Crippen LogP contribution in [-0.4, -0.2) is 7.11 Å². The lowest BCUT2D eigenvalue weighted by Crippen LogP contribution is -2.09. The largest absolute Gasteiger partial charge is 0.497 e. The monoisotopic (exact) mass is 287 g/mol. The van der Waals surface area contributed by atoms with E-state index in [9.17, 15) is 0 Å². The van der Waals surface area contributed by atoms with Crippen LogP contribution >= 0.6 is 0 Å². The molecule has 0 unspecified atom stereocenters. The molecule has 2 heteroatoms. The first kappa shape index (κ1) is 13.0. The molecule has 0 bridgehead atoms. The van der Waals surface area contributed by atoms with E-state index >= 15 is 0 Å². The Bertz CT molecular complexity index is 780. The summed E-state index contributed by atoms with van der Waals surface area (Å²) in [6, 6.07) is 25.5. The Morgan fingerprint density at radius 3 is 2.05 bits per heavy atom. The standard InChI is InChI=1S/C20H17NO/c1-22-15-8-6-7-14(13-15)21-20-18-11-4-2-9-16(18)17-10-3-5-12-19(17)20/h2-13,20-21H,1H3. The molecule has 0 aliphatic heterocycles. The summed E-state index contributed by atoms with van der Waals surface area (Å²) in [4.78, 5) is 0. The third kappa shape index (κ3) is 2.04. The maximum Gasteiger partial charge on any atom is 0.120 e. The van der Waals surface area contributed by atoms with Gasteiger partial charge in [0.05, 0.1) is 13.2 Å². The van der Waals surface area contributed by atoms with Crippen LogP contribution in [0.3, 0.4) is 0 Å². The molecule has 0 amide bonds. The molecule has 0 heterocycles. The quantitative estimate of drug-likeness (QED) is 0.741. The predicted octanol–water partition coefficient (Wildman–Crippen LogP) is 4.88. The summed E-state index contributed by atoms with van der Waals surface area (Å²) in [5.74, 6) is 0.865. The van der Waals surface area contributed by atoms with E-state index < -0.39 is 0 Å². The van der Waals surface area contributed by atoms with Gasteiger partial charge in [0.1, 0.15) is 5.75 Å². The lowest BCUT2D eigenvalue weighted by molar-refractivity contribution is 0.415. The van der Waals surface area contributed by atoms with E-state index in [1.165, 1.54) is 22.3 Å². The number of rotatable bonds is 3. The summed E-state index contributed by atoms with van der Waals surface area (Å²) in [6.45, 7) is 0. The first-order valence-electron chi connectivity index (χ1n) is 7.45. The van der Waals surface area contributed by atoms with E-state index in [2.05, 4.69) is 59.9 Å². The molecule has 1 N–H and O–H groups in total. The molecule has 0 spiro atoms. The maximum atomic E-state index is 5.32. The van der Waals surface area contributed by atoms with Gasteiger partial charge in [-0.3, -0.25) is 0 Å². The third-order valence-corrected chi connectivity index (χ3v) is 4.21. The fourth-order valence-corrected chi connectivity index (χ4v) is 3.19. The lowest BCUT2D eigenvalue weighted by atomic mass is 10.1. The van der Waals surface area contributed by atoms with Crippen molar-refractivity contribution < 1.29 is 4.74 Å². The van der Waals surface area contributed by atoms with Crippen molar-refractivity contribution in [2.24, 2.45) is 0 Å². The van der Waals surface area contributed by atoms with Crippen molar-refractivity contribution in [2.45, 2.75) is 6.04 Å². The Morgan fingerprint density at radius 2 is 1.41 bits per heavy atom. The number of anilines is 1. The number of ether oxygens (including phenoxy) is 1. The van der Waals surface area contributed by atoms with Crippen LogP contribution in [-0.2, 0) is 0 Å². The van der Waals surface area contributed by atoms with Crippen molar-refractivity contribution in [1.82, 2.24) is 0 Å². The molecule has 0 radical (unpaired) electrons. The molecule has 1 aliphatic carbocycles. The van der Waals surface area contributed by atoms with Crippen molar-refractivity contribution in [3.63, 3.8) is 0 Å². The lowest BCUT2D eigenvalue weighted by Gasteiger charge is -2.17. The summed E-state index contributed by atoms with van der Waals surface area (Å²) in [5, 5.41) is 3.65. The molecule has 3 aromatic carbocycles. The average Bonchev–Trinajstić information content (AvgIpc) is 2.90. The number of hydrogen-bond donors (Lipinski definition) is 1. The number of methoxy groups -OCH3 is 1. The van der Waals surface area contributed by atoms with Gasteiger partial charge in [-0.1, -0.05) is 54.6 Å². The molecule has 0 saturated heterocycles. The summed E-state index contributed by atoms with van der Waals surface area (Å²) in [7, 11) is 1.69. The van der Waals surface area contributed by atoms with E-state index in [1.54, 1.807) is 7.11 Å². The molecule has 22 heavy (non-hydrogen) atoms. The second kappa shape index (κ2) is 5.23. The minimum absolute atomic E-state index is 0.180. The molecule has 1 aliphatic rings. The molecule has 4 rings (SSSR count). The average molecular weight is 287 g/mol. The Morgan fingerprint density at radius 1 is 0.773 bits per heavy atom. The Hall–Kier alpha value is -2.74. The molecule has 108 valence electrons. The van der Waals surface area contributed by atoms with E-state index in [0.29, 0.717) is 0 Å². The Balaban J connectivity index is 1.78. The molecule has 0 aromatic heterocycles. The summed E-state index contributed by atoms with van der Waals surface area (Å²) >= 11 is 0. The fraction of sp³-hybridized carbons (Fsp3) is 0.100. The highest BCUT2D eigenvalue weighted by Gasteiger charge is 2.27. The van der Waals surface area contributed by atoms with Crippen molar-refractivity contribution >= 4 is 5.69 Å². The molecule has 0 atom stereocenters. The number of fused-ring (bicyclic) bond motifs is 3. The molecule has 0 fully saturated rings. The van der Waals surface area contributed by atoms with Gasteiger partial charge in [0.2, 0.25) is 0 Å². The summed E-state index contributed by atoms with van der Waals surface area (Å²) in [6.07, 6.45) is 0. The number of nitrogens with one attached hydrogen (secondary N) is 1. The highest BCUT2D eigenvalue weighted by Crippen LogP contribution is 2.44. The zero-order chi connectivity index (χ0) is 14.9. The number of benzene rings is 3. The zero-order valence-corrected chi connectivity index (χ0v) is 12.4. The van der Waals surface area contributed by atoms with Crippen molar-refractivity contribution in [3.05, 3.63) is 83.9 Å². The maximum absolute atomic E-state index is 5.32. The summed E-state index contributed by atoms with van der Waals surface area (Å²) in [5.41, 5.74) is 6.35. The van der Waals surface area contributed by atoms with Crippen molar-refractivity contribution in [3.8, 4) is 16.9 Å². The minimum Gasteiger partial charge on any atom is -0.497 e. The van der Waals surface area contributed by atoms with Crippen LogP contribution in [0.2, 0.25) is 0 Å². The normalized spacial score (nSPS) is 12.6. The van der Waals surface area contributed by atoms with Gasteiger partial charge < -0.3 is 10.1 Å². The van der Waals surface area contributed by atoms with Gasteiger partial charge in [-0.05, 0) is 34.4 Å². The van der Waals surface area contributed by atoms with Crippen LogP contribution in [0.15, 0.2) is 72.8 Å². The second-order valence-electron chi connectivity index (χ2n) is 5.48. The van der Waals surface area contributed by atoms with E-state index in [1.807, 2.05) is 18.2 Å². The molecular weight excluding hydrogens is 270 g/mol. The minimum atomic E-state index is 0.180. The van der Waals surface area contributed by atoms with Crippen LogP contribution in [0.1, 0.15) is 17.2 Å². The zero-order valence-electron chi connectivity index (χ0n) is 12.4. The number of hydrogen-bond acceptors (Lipinski definition) is 2. The third-order valence-electron chi connectivity index (χ3n) is 4.21. The Kier molecular flexibility index (Phi) is 3.08. The molecule has 3 aromatic rings. The molecule has 2 nitrogen and oxygen atoms in total. The van der Waals surface area contributed by atoms with E-state index in [4.69, 9.17) is 4.74 Å². The highest BCUT2D eigenvalue weighted by molar-refractivity contribution is 5.80. The first-order chi connectivity index (χ1) is 10.9. The topological polar surface area (TPSA) is 21.3 Å². The van der Waals surface area contributed by atoms with Gasteiger partial charge >= 0.3 is 0 Å². The molecular formula is C20H17NO. The van der Waals surface area contributed by atoms with Gasteiger partial charge in [0.25, 0.3) is 0 Å². The van der Waals surface area contributed by atoms with Crippen LogP contribution < -0.4 is 10.1 Å². The highest BCUT2D eigenvalue weighted by atomic mass is 16.5. The van der Waals surface area contributed by atoms with Crippen molar-refractivity contribution in [1.29, 1.82) is 0 Å². The summed E-state index contributed by atoms with van der Waals surface area (Å²) < 4.78 is 5.32. The van der Waals surface area contributed by atoms with Crippen LogP contribution in [0.25, 0.3) is 11.1 Å². The predicted molar refractivity (Wildman–Crippen MR) is 90.3 cm³/mol. The van der Waals surface area contributed by atoms with Gasteiger partial charge in [0, 0.05) is 11.8 Å². The van der Waals surface area contributed by atoms with Gasteiger partial charge in [-0.15, -0.1) is 0 Å². The van der Waals surface area contributed by atoms with E-state index in [-0.39, 0.29) is 6.04 Å². The van der Waals surface area contributed by atoms with Crippen LogP contribution in [0.5, 0.6) is 5.75 Å². The van der Waals surface area contributed by atoms with E-state index in [0.717, 1.165) is 11.4 Å². The van der Waals surface area contributed by atoms with Gasteiger partial charge in [0.15, 0.2) is 0 Å². The van der Waals surface area contributed by atoms with Crippen LogP contribution in [0.4, 0.5) is 5.69 Å². The van der Waals surface area contributed by atoms with Gasteiger partial charge in [-0.2, -0.15) is 0 Å². The second-order valence-corrected chi connectivity index (χ2v) is 5.48. The molecule has 0 saturated carbocycles. The first-order valence-corrected chi connectivity index (χ1v) is 7.45. The van der Waals surface area contributed by atoms with Gasteiger partial charge in [-0.25, -0.2) is 0 Å².